The van der Waals surface area contributed by atoms with Gasteiger partial charge in [-0.1, -0.05) is 0 Å². The zero-order chi connectivity index (χ0) is 19.6. The summed E-state index contributed by atoms with van der Waals surface area (Å²) in [5, 5.41) is 20.4. The number of rotatable bonds is 5. The molecular weight excluding hydrogens is 484 g/mol. The van der Waals surface area contributed by atoms with Gasteiger partial charge < -0.3 is 10.1 Å². The molecular formula is C17H12Br2N4O4. The number of ether oxygens (including phenoxy) is 1. The van der Waals surface area contributed by atoms with E-state index >= 15 is 0 Å². The van der Waals surface area contributed by atoms with Crippen LogP contribution in [0.1, 0.15) is 10.5 Å². The monoisotopic (exact) mass is 494 g/mol. The molecule has 0 aliphatic heterocycles. The summed E-state index contributed by atoms with van der Waals surface area (Å²) in [6, 6.07) is 11.5. The molecule has 1 heterocycles. The molecule has 1 aromatic heterocycles. The fraction of sp³-hybridized carbons (Fsp3) is 0.0588. The van der Waals surface area contributed by atoms with E-state index in [9.17, 15) is 14.9 Å². The summed E-state index contributed by atoms with van der Waals surface area (Å²) < 4.78 is 5.88. The highest BCUT2D eigenvalue weighted by molar-refractivity contribution is 9.11. The maximum absolute atomic E-state index is 12.5. The molecule has 3 rings (SSSR count). The number of halogens is 2. The molecule has 0 bridgehead atoms. The second-order valence-corrected chi connectivity index (χ2v) is 7.10. The number of carbonyl (C=O) groups excluding carboxylic acids is 1. The van der Waals surface area contributed by atoms with Gasteiger partial charge in [-0.25, -0.2) is 0 Å². The standard InChI is InChI=1S/C17H12Br2N4O4/c1-27-11-4-2-9(3-5-11)14-8-15(22-21-14)17(24)20-16-12(18)6-10(23(25)26)7-13(16)19/h2-8H,1H3,(H,20,24)(H,21,22). The quantitative estimate of drug-likeness (QED) is 0.391. The van der Waals surface area contributed by atoms with Crippen molar-refractivity contribution in [1.82, 2.24) is 10.2 Å². The summed E-state index contributed by atoms with van der Waals surface area (Å²) in [4.78, 5) is 22.9. The van der Waals surface area contributed by atoms with Crippen molar-refractivity contribution in [2.45, 2.75) is 0 Å². The van der Waals surface area contributed by atoms with Crippen LogP contribution >= 0.6 is 31.9 Å². The zero-order valence-electron chi connectivity index (χ0n) is 13.8. The Kier molecular flexibility index (Phi) is 5.57. The van der Waals surface area contributed by atoms with Gasteiger partial charge in [0.05, 0.1) is 23.4 Å². The SMILES string of the molecule is COc1ccc(-c2cc(C(=O)Nc3c(Br)cc([N+](=O)[O-])cc3Br)[nH]n2)cc1. The van der Waals surface area contributed by atoms with Crippen molar-refractivity contribution in [3.8, 4) is 17.0 Å². The number of carbonyl (C=O) groups is 1. The molecule has 0 spiro atoms. The minimum absolute atomic E-state index is 0.102. The van der Waals surface area contributed by atoms with Gasteiger partial charge in [-0.3, -0.25) is 20.0 Å². The molecule has 0 saturated heterocycles. The minimum Gasteiger partial charge on any atom is -0.497 e. The molecule has 0 atom stereocenters. The first-order chi connectivity index (χ1) is 12.9. The Hall–Kier alpha value is -2.72. The van der Waals surface area contributed by atoms with Crippen LogP contribution in [0.4, 0.5) is 11.4 Å². The van der Waals surface area contributed by atoms with Crippen LogP contribution in [0.15, 0.2) is 51.4 Å². The number of anilines is 1. The van der Waals surface area contributed by atoms with Gasteiger partial charge in [0.25, 0.3) is 11.6 Å². The van der Waals surface area contributed by atoms with Crippen molar-refractivity contribution >= 4 is 49.1 Å². The van der Waals surface area contributed by atoms with E-state index in [0.717, 1.165) is 11.3 Å². The fourth-order valence-electron chi connectivity index (χ4n) is 2.31. The number of benzene rings is 2. The van der Waals surface area contributed by atoms with Gasteiger partial charge in [0.1, 0.15) is 11.4 Å². The Bertz CT molecular complexity index is 995. The van der Waals surface area contributed by atoms with Gasteiger partial charge in [0.15, 0.2) is 0 Å². The van der Waals surface area contributed by atoms with Crippen LogP contribution in [0.3, 0.4) is 0 Å². The number of aromatic nitrogens is 2. The van der Waals surface area contributed by atoms with Crippen LogP contribution in [0.2, 0.25) is 0 Å². The molecule has 0 unspecified atom stereocenters. The van der Waals surface area contributed by atoms with Crippen molar-refractivity contribution in [3.05, 3.63) is 67.2 Å². The number of nitrogens with one attached hydrogen (secondary N) is 2. The third-order valence-electron chi connectivity index (χ3n) is 3.68. The molecule has 2 aromatic carbocycles. The highest BCUT2D eigenvalue weighted by Gasteiger charge is 2.18. The number of nitro benzene ring substituents is 1. The number of nitrogens with zero attached hydrogens (tertiary/aromatic N) is 2. The molecule has 0 aliphatic rings. The van der Waals surface area contributed by atoms with Gasteiger partial charge in [-0.05, 0) is 62.2 Å². The molecule has 138 valence electrons. The number of hydrogen-bond donors (Lipinski definition) is 2. The molecule has 8 nitrogen and oxygen atoms in total. The Morgan fingerprint density at radius 2 is 1.81 bits per heavy atom. The Morgan fingerprint density at radius 1 is 1.19 bits per heavy atom. The van der Waals surface area contributed by atoms with E-state index in [2.05, 4.69) is 47.4 Å². The first kappa shape index (κ1) is 19.1. The molecule has 3 aromatic rings. The summed E-state index contributed by atoms with van der Waals surface area (Å²) in [7, 11) is 1.58. The Balaban J connectivity index is 1.81. The smallest absolute Gasteiger partial charge is 0.273 e. The van der Waals surface area contributed by atoms with E-state index in [4.69, 9.17) is 4.74 Å². The average Bonchev–Trinajstić information content (AvgIpc) is 3.14. The van der Waals surface area contributed by atoms with Gasteiger partial charge in [0, 0.05) is 26.6 Å². The van der Waals surface area contributed by atoms with Crippen LogP contribution in [-0.2, 0) is 0 Å². The number of hydrogen-bond acceptors (Lipinski definition) is 5. The van der Waals surface area contributed by atoms with Crippen LogP contribution in [0.25, 0.3) is 11.3 Å². The van der Waals surface area contributed by atoms with E-state index in [1.165, 1.54) is 12.1 Å². The van der Waals surface area contributed by atoms with E-state index in [1.54, 1.807) is 25.3 Å². The van der Waals surface area contributed by atoms with Crippen LogP contribution < -0.4 is 10.1 Å². The first-order valence-electron chi connectivity index (χ1n) is 7.53. The maximum atomic E-state index is 12.5. The van der Waals surface area contributed by atoms with Crippen molar-refractivity contribution in [2.75, 3.05) is 12.4 Å². The van der Waals surface area contributed by atoms with Gasteiger partial charge in [-0.15, -0.1) is 0 Å². The van der Waals surface area contributed by atoms with Crippen LogP contribution in [-0.4, -0.2) is 28.1 Å². The summed E-state index contributed by atoms with van der Waals surface area (Å²) in [6.07, 6.45) is 0. The lowest BCUT2D eigenvalue weighted by Crippen LogP contribution is -2.13. The van der Waals surface area contributed by atoms with Crippen LogP contribution in [0, 0.1) is 10.1 Å². The largest absolute Gasteiger partial charge is 0.497 e. The fourth-order valence-corrected chi connectivity index (χ4v) is 3.67. The van der Waals surface area contributed by atoms with Crippen LogP contribution in [0.5, 0.6) is 5.75 Å². The summed E-state index contributed by atoms with van der Waals surface area (Å²) in [5.41, 5.74) is 1.95. The lowest BCUT2D eigenvalue weighted by molar-refractivity contribution is -0.385. The van der Waals surface area contributed by atoms with E-state index in [1.807, 2.05) is 12.1 Å². The number of non-ortho nitro benzene ring substituents is 1. The number of H-pyrrole nitrogens is 1. The van der Waals surface area contributed by atoms with E-state index in [-0.39, 0.29) is 11.4 Å². The summed E-state index contributed by atoms with van der Waals surface area (Å²) in [5.74, 6) is 0.289. The maximum Gasteiger partial charge on any atom is 0.273 e. The average molecular weight is 496 g/mol. The number of amides is 1. The Morgan fingerprint density at radius 3 is 2.37 bits per heavy atom. The molecule has 0 saturated carbocycles. The molecule has 0 fully saturated rings. The zero-order valence-corrected chi connectivity index (χ0v) is 17.0. The Labute approximate surface area is 170 Å². The van der Waals surface area contributed by atoms with Gasteiger partial charge in [-0.2, -0.15) is 5.10 Å². The first-order valence-corrected chi connectivity index (χ1v) is 9.12. The topological polar surface area (TPSA) is 110 Å². The predicted octanol–water partition coefficient (Wildman–Crippen LogP) is 4.77. The number of nitro groups is 1. The van der Waals surface area contributed by atoms with E-state index in [0.29, 0.717) is 20.3 Å². The van der Waals surface area contributed by atoms with Crippen molar-refractivity contribution < 1.29 is 14.5 Å². The van der Waals surface area contributed by atoms with Crippen molar-refractivity contribution in [3.63, 3.8) is 0 Å². The van der Waals surface area contributed by atoms with Gasteiger partial charge in [0.2, 0.25) is 0 Å². The van der Waals surface area contributed by atoms with Crippen molar-refractivity contribution in [1.29, 1.82) is 0 Å². The highest BCUT2D eigenvalue weighted by atomic mass is 79.9. The third-order valence-corrected chi connectivity index (χ3v) is 4.94. The highest BCUT2D eigenvalue weighted by Crippen LogP contribution is 2.35. The number of methoxy groups -OCH3 is 1. The predicted molar refractivity (Wildman–Crippen MR) is 107 cm³/mol. The summed E-state index contributed by atoms with van der Waals surface area (Å²) >= 11 is 6.47. The second-order valence-electron chi connectivity index (χ2n) is 5.39. The number of aromatic amines is 1. The molecule has 2 N–H and O–H groups in total. The third kappa shape index (κ3) is 4.17. The van der Waals surface area contributed by atoms with Gasteiger partial charge >= 0.3 is 0 Å². The summed E-state index contributed by atoms with van der Waals surface area (Å²) in [6.45, 7) is 0. The van der Waals surface area contributed by atoms with E-state index < -0.39 is 10.8 Å². The molecule has 1 amide bonds. The second kappa shape index (κ2) is 7.89. The minimum atomic E-state index is -0.517. The lowest BCUT2D eigenvalue weighted by atomic mass is 10.1. The lowest BCUT2D eigenvalue weighted by Gasteiger charge is -2.08. The molecule has 0 radical (unpaired) electrons. The molecule has 10 heteroatoms. The normalized spacial score (nSPS) is 10.5. The van der Waals surface area contributed by atoms with Crippen molar-refractivity contribution in [2.24, 2.45) is 0 Å². The molecule has 27 heavy (non-hydrogen) atoms. The molecule has 0 aliphatic carbocycles.